The highest BCUT2D eigenvalue weighted by Gasteiger charge is 2.22. The fraction of sp³-hybridized carbons (Fsp3) is 0.600. The lowest BCUT2D eigenvalue weighted by atomic mass is 9.96. The van der Waals surface area contributed by atoms with Crippen LogP contribution in [0.1, 0.15) is 38.2 Å². The number of guanidine groups is 1. The van der Waals surface area contributed by atoms with Crippen molar-refractivity contribution in [2.45, 2.75) is 39.2 Å². The summed E-state index contributed by atoms with van der Waals surface area (Å²) in [6.07, 6.45) is 3.90. The maximum atomic E-state index is 13.2. The quantitative estimate of drug-likeness (QED) is 0.209. The van der Waals surface area contributed by atoms with Crippen molar-refractivity contribution >= 4 is 35.8 Å². The first kappa shape index (κ1) is 24.6. The number of nitrogens with one attached hydrogen (secondary N) is 2. The number of likely N-dealkylation sites (tertiary alicyclic amines) is 1. The molecular weight excluding hydrogens is 472 g/mol. The van der Waals surface area contributed by atoms with Gasteiger partial charge in [-0.3, -0.25) is 4.79 Å². The van der Waals surface area contributed by atoms with Crippen LogP contribution in [0, 0.1) is 11.7 Å². The molecule has 1 aromatic rings. The number of nitrogens with two attached hydrogens (primary N) is 1. The Kier molecular flexibility index (Phi) is 12.1. The fourth-order valence-electron chi connectivity index (χ4n) is 3.26. The second kappa shape index (κ2) is 13.7. The number of nitrogens with zero attached hydrogens (tertiary/aromatic N) is 2. The molecule has 1 fully saturated rings. The molecule has 1 aliphatic heterocycles. The molecule has 158 valence electrons. The molecule has 0 aliphatic carbocycles. The molecule has 0 radical (unpaired) electrons. The van der Waals surface area contributed by atoms with E-state index in [1.165, 1.54) is 12.1 Å². The van der Waals surface area contributed by atoms with Gasteiger partial charge in [-0.25, -0.2) is 9.38 Å². The Labute approximate surface area is 184 Å². The Morgan fingerprint density at radius 2 is 2.04 bits per heavy atom. The number of carbonyl (C=O) groups is 1. The highest BCUT2D eigenvalue weighted by Crippen LogP contribution is 2.16. The lowest BCUT2D eigenvalue weighted by Gasteiger charge is -2.30. The van der Waals surface area contributed by atoms with Gasteiger partial charge in [-0.15, -0.1) is 24.0 Å². The largest absolute Gasteiger partial charge is 0.369 e. The zero-order valence-corrected chi connectivity index (χ0v) is 19.0. The Morgan fingerprint density at radius 1 is 1.29 bits per heavy atom. The first-order valence-electron chi connectivity index (χ1n) is 9.86. The van der Waals surface area contributed by atoms with E-state index in [9.17, 15) is 9.18 Å². The molecule has 1 heterocycles. The molecule has 0 aromatic heterocycles. The Hall–Kier alpha value is -1.42. The fourth-order valence-corrected chi connectivity index (χ4v) is 3.26. The topological polar surface area (TPSA) is 82.8 Å². The van der Waals surface area contributed by atoms with Gasteiger partial charge in [0, 0.05) is 19.0 Å². The van der Waals surface area contributed by atoms with Crippen molar-refractivity contribution in [3.63, 3.8) is 0 Å². The van der Waals surface area contributed by atoms with Crippen LogP contribution in [0.2, 0.25) is 0 Å². The number of amides is 1. The lowest BCUT2D eigenvalue weighted by Crippen LogP contribution is -2.39. The van der Waals surface area contributed by atoms with Gasteiger partial charge in [-0.2, -0.15) is 0 Å². The van der Waals surface area contributed by atoms with Gasteiger partial charge in [0.1, 0.15) is 5.82 Å². The van der Waals surface area contributed by atoms with Crippen molar-refractivity contribution in [3.05, 3.63) is 35.6 Å². The predicted octanol–water partition coefficient (Wildman–Crippen LogP) is 2.48. The number of halogens is 2. The molecular formula is C20H33FIN5O. The van der Waals surface area contributed by atoms with E-state index in [1.54, 1.807) is 6.07 Å². The summed E-state index contributed by atoms with van der Waals surface area (Å²) in [4.78, 5) is 18.1. The van der Waals surface area contributed by atoms with E-state index in [4.69, 9.17) is 5.73 Å². The molecule has 0 unspecified atom stereocenters. The molecule has 8 heteroatoms. The molecule has 2 rings (SSSR count). The molecule has 4 N–H and O–H groups in total. The molecule has 6 nitrogen and oxygen atoms in total. The van der Waals surface area contributed by atoms with Gasteiger partial charge in [-0.1, -0.05) is 12.1 Å². The van der Waals surface area contributed by atoms with Crippen LogP contribution in [-0.2, 0) is 11.3 Å². The van der Waals surface area contributed by atoms with Crippen molar-refractivity contribution in [3.8, 4) is 0 Å². The van der Waals surface area contributed by atoms with E-state index in [1.807, 2.05) is 13.0 Å². The van der Waals surface area contributed by atoms with E-state index in [2.05, 4.69) is 20.5 Å². The first-order chi connectivity index (χ1) is 13.1. The van der Waals surface area contributed by atoms with Crippen LogP contribution in [0.25, 0.3) is 0 Å². The second-order valence-corrected chi connectivity index (χ2v) is 6.98. The van der Waals surface area contributed by atoms with Crippen LogP contribution in [0.3, 0.4) is 0 Å². The van der Waals surface area contributed by atoms with E-state index in [0.717, 1.165) is 69.9 Å². The van der Waals surface area contributed by atoms with Crippen LogP contribution >= 0.6 is 24.0 Å². The number of hydrogen-bond acceptors (Lipinski definition) is 3. The van der Waals surface area contributed by atoms with E-state index in [0.29, 0.717) is 6.54 Å². The van der Waals surface area contributed by atoms with Crippen molar-refractivity contribution < 1.29 is 9.18 Å². The SMILES string of the molecule is CCNC(=NCc1cccc(F)c1)NCCCCN1CCC(C(N)=O)CC1.I. The van der Waals surface area contributed by atoms with E-state index >= 15 is 0 Å². The Morgan fingerprint density at radius 3 is 2.68 bits per heavy atom. The Bertz CT molecular complexity index is 620. The van der Waals surface area contributed by atoms with Crippen molar-refractivity contribution in [2.24, 2.45) is 16.6 Å². The van der Waals surface area contributed by atoms with Gasteiger partial charge in [0.15, 0.2) is 5.96 Å². The molecule has 1 aliphatic rings. The number of aliphatic imine (C=N–C) groups is 1. The van der Waals surface area contributed by atoms with Gasteiger partial charge in [0.05, 0.1) is 6.54 Å². The lowest BCUT2D eigenvalue weighted by molar-refractivity contribution is -0.123. The van der Waals surface area contributed by atoms with Crippen LogP contribution in [-0.4, -0.2) is 49.5 Å². The summed E-state index contributed by atoms with van der Waals surface area (Å²) in [6.45, 7) is 7.05. The summed E-state index contributed by atoms with van der Waals surface area (Å²) in [5, 5.41) is 6.54. The molecule has 0 bridgehead atoms. The predicted molar refractivity (Wildman–Crippen MR) is 122 cm³/mol. The van der Waals surface area contributed by atoms with Gasteiger partial charge in [0.2, 0.25) is 5.91 Å². The summed E-state index contributed by atoms with van der Waals surface area (Å²) >= 11 is 0. The maximum absolute atomic E-state index is 13.2. The average molecular weight is 505 g/mol. The first-order valence-corrected chi connectivity index (χ1v) is 9.86. The zero-order valence-electron chi connectivity index (χ0n) is 16.6. The monoisotopic (exact) mass is 505 g/mol. The normalized spacial score (nSPS) is 15.7. The summed E-state index contributed by atoms with van der Waals surface area (Å²) in [5.74, 6) is 0.414. The number of hydrogen-bond donors (Lipinski definition) is 3. The van der Waals surface area contributed by atoms with Crippen molar-refractivity contribution in [1.29, 1.82) is 0 Å². The number of benzene rings is 1. The maximum Gasteiger partial charge on any atom is 0.220 e. The minimum absolute atomic E-state index is 0. The van der Waals surface area contributed by atoms with Gasteiger partial charge in [0.25, 0.3) is 0 Å². The summed E-state index contributed by atoms with van der Waals surface area (Å²) < 4.78 is 13.2. The Balaban J connectivity index is 0.00000392. The van der Waals surface area contributed by atoms with Crippen molar-refractivity contribution in [1.82, 2.24) is 15.5 Å². The third-order valence-corrected chi connectivity index (χ3v) is 4.84. The smallest absolute Gasteiger partial charge is 0.220 e. The van der Waals surface area contributed by atoms with Crippen LogP contribution in [0.5, 0.6) is 0 Å². The molecule has 1 saturated heterocycles. The molecule has 0 saturated carbocycles. The molecule has 1 aromatic carbocycles. The minimum Gasteiger partial charge on any atom is -0.369 e. The van der Waals surface area contributed by atoms with Crippen LogP contribution in [0.4, 0.5) is 4.39 Å². The van der Waals surface area contributed by atoms with Crippen LogP contribution < -0.4 is 16.4 Å². The standard InChI is InChI=1S/C20H32FN5O.HI/c1-2-23-20(25-15-16-6-5-7-18(21)14-16)24-10-3-4-11-26-12-8-17(9-13-26)19(22)27;/h5-7,14,17H,2-4,8-13,15H2,1H3,(H2,22,27)(H2,23,24,25);1H. The molecule has 0 atom stereocenters. The number of unbranched alkanes of at least 4 members (excludes halogenated alkanes) is 1. The molecule has 1 amide bonds. The zero-order chi connectivity index (χ0) is 19.5. The number of piperidine rings is 1. The minimum atomic E-state index is -0.236. The van der Waals surface area contributed by atoms with Crippen molar-refractivity contribution in [2.75, 3.05) is 32.7 Å². The third-order valence-electron chi connectivity index (χ3n) is 4.84. The molecule has 0 spiro atoms. The number of primary amides is 1. The van der Waals surface area contributed by atoms with E-state index in [-0.39, 0.29) is 41.6 Å². The third kappa shape index (κ3) is 9.18. The van der Waals surface area contributed by atoms with E-state index < -0.39 is 0 Å². The van der Waals surface area contributed by atoms with Crippen LogP contribution in [0.15, 0.2) is 29.3 Å². The summed E-state index contributed by atoms with van der Waals surface area (Å²) in [5.41, 5.74) is 6.23. The molecule has 28 heavy (non-hydrogen) atoms. The highest BCUT2D eigenvalue weighted by atomic mass is 127. The summed E-state index contributed by atoms with van der Waals surface area (Å²) in [6, 6.07) is 6.52. The van der Waals surface area contributed by atoms with Gasteiger partial charge in [-0.05, 0) is 69.9 Å². The number of carbonyl (C=O) groups excluding carboxylic acids is 1. The number of rotatable bonds is 9. The van der Waals surface area contributed by atoms with Gasteiger partial charge < -0.3 is 21.3 Å². The average Bonchev–Trinajstić information content (AvgIpc) is 2.66. The highest BCUT2D eigenvalue weighted by molar-refractivity contribution is 14.0. The van der Waals surface area contributed by atoms with Gasteiger partial charge >= 0.3 is 0 Å². The second-order valence-electron chi connectivity index (χ2n) is 6.98. The summed E-state index contributed by atoms with van der Waals surface area (Å²) in [7, 11) is 0.